The van der Waals surface area contributed by atoms with Gasteiger partial charge in [0.25, 0.3) is 5.91 Å². The van der Waals surface area contributed by atoms with Crippen molar-refractivity contribution in [1.29, 1.82) is 0 Å². The van der Waals surface area contributed by atoms with Crippen LogP contribution >= 0.6 is 0 Å². The average Bonchev–Trinajstić information content (AvgIpc) is 2.41. The van der Waals surface area contributed by atoms with Crippen molar-refractivity contribution in [2.45, 2.75) is 26.4 Å². The van der Waals surface area contributed by atoms with Crippen LogP contribution in [0.1, 0.15) is 26.3 Å². The molecule has 0 bridgehead atoms. The fourth-order valence-corrected chi connectivity index (χ4v) is 1.85. The average molecular weight is 304 g/mol. The predicted molar refractivity (Wildman–Crippen MR) is 83.8 cm³/mol. The van der Waals surface area contributed by atoms with Crippen LogP contribution in [0.25, 0.3) is 6.08 Å². The molecule has 6 nitrogen and oxygen atoms in total. The number of hydrogen-bond acceptors (Lipinski definition) is 4. The van der Waals surface area contributed by atoms with Crippen LogP contribution in [-0.4, -0.2) is 30.8 Å². The van der Waals surface area contributed by atoms with Crippen LogP contribution in [0, 0.1) is 0 Å². The summed E-state index contributed by atoms with van der Waals surface area (Å²) in [4.78, 5) is 22.6. The number of benzene rings is 1. The number of ether oxygens (including phenoxy) is 2. The first-order valence-corrected chi connectivity index (χ1v) is 7.03. The molecule has 1 heterocycles. The number of rotatable bonds is 3. The van der Waals surface area contributed by atoms with E-state index < -0.39 is 11.7 Å². The molecule has 0 unspecified atom stereocenters. The number of alkyl carbamates (subject to hydrolysis) is 1. The van der Waals surface area contributed by atoms with Crippen LogP contribution in [-0.2, 0) is 9.53 Å². The summed E-state index contributed by atoms with van der Waals surface area (Å²) in [7, 11) is 0. The third-order valence-corrected chi connectivity index (χ3v) is 2.71. The molecule has 1 aromatic carbocycles. The SMILES string of the molecule is CC(C)(C)OC(=O)NCC=Cc1ccc2c(c1)OCC(=O)N2. The standard InChI is InChI=1S/C16H20N2O4/c1-16(2,3)22-15(20)17-8-4-5-11-6-7-12-13(9-11)21-10-14(19)18-12/h4-7,9H,8,10H2,1-3H3,(H,17,20)(H,18,19). The summed E-state index contributed by atoms with van der Waals surface area (Å²) in [5.74, 6) is 0.485. The van der Waals surface area contributed by atoms with Crippen LogP contribution in [0.5, 0.6) is 5.75 Å². The molecule has 0 spiro atoms. The van der Waals surface area contributed by atoms with Gasteiger partial charge in [-0.3, -0.25) is 4.79 Å². The zero-order chi connectivity index (χ0) is 16.2. The number of anilines is 1. The Morgan fingerprint density at radius 3 is 2.95 bits per heavy atom. The Hall–Kier alpha value is -2.50. The monoisotopic (exact) mass is 304 g/mol. The van der Waals surface area contributed by atoms with E-state index in [1.165, 1.54) is 0 Å². The molecule has 1 aliphatic heterocycles. The van der Waals surface area contributed by atoms with Gasteiger partial charge in [0.1, 0.15) is 11.4 Å². The molecule has 118 valence electrons. The lowest BCUT2D eigenvalue weighted by Crippen LogP contribution is -2.32. The summed E-state index contributed by atoms with van der Waals surface area (Å²) >= 11 is 0. The Morgan fingerprint density at radius 2 is 2.23 bits per heavy atom. The first-order chi connectivity index (χ1) is 10.3. The fraction of sp³-hybridized carbons (Fsp3) is 0.375. The van der Waals surface area contributed by atoms with Crippen molar-refractivity contribution in [3.05, 3.63) is 29.8 Å². The Labute approximate surface area is 129 Å². The lowest BCUT2D eigenvalue weighted by atomic mass is 10.1. The number of carbonyl (C=O) groups excluding carboxylic acids is 2. The van der Waals surface area contributed by atoms with E-state index in [2.05, 4.69) is 10.6 Å². The van der Waals surface area contributed by atoms with Crippen LogP contribution in [0.4, 0.5) is 10.5 Å². The molecule has 0 aliphatic carbocycles. The maximum Gasteiger partial charge on any atom is 0.407 e. The van der Waals surface area contributed by atoms with Gasteiger partial charge in [0.15, 0.2) is 6.61 Å². The molecule has 0 radical (unpaired) electrons. The van der Waals surface area contributed by atoms with E-state index in [-0.39, 0.29) is 12.5 Å². The molecular weight excluding hydrogens is 284 g/mol. The molecule has 22 heavy (non-hydrogen) atoms. The third kappa shape index (κ3) is 4.80. The molecule has 2 amide bonds. The quantitative estimate of drug-likeness (QED) is 0.899. The van der Waals surface area contributed by atoms with E-state index in [9.17, 15) is 9.59 Å². The number of amides is 2. The lowest BCUT2D eigenvalue weighted by Gasteiger charge is -2.19. The minimum absolute atomic E-state index is 0.0281. The maximum absolute atomic E-state index is 11.5. The first kappa shape index (κ1) is 15.9. The summed E-state index contributed by atoms with van der Waals surface area (Å²) in [5.41, 5.74) is 1.08. The Balaban J connectivity index is 1.86. The van der Waals surface area contributed by atoms with Gasteiger partial charge in [-0.25, -0.2) is 4.79 Å². The molecule has 0 fully saturated rings. The van der Waals surface area contributed by atoms with E-state index >= 15 is 0 Å². The van der Waals surface area contributed by atoms with Gasteiger partial charge in [-0.05, 0) is 38.5 Å². The Morgan fingerprint density at radius 1 is 1.45 bits per heavy atom. The van der Waals surface area contributed by atoms with E-state index in [4.69, 9.17) is 9.47 Å². The van der Waals surface area contributed by atoms with Gasteiger partial charge in [0, 0.05) is 6.54 Å². The minimum atomic E-state index is -0.506. The van der Waals surface area contributed by atoms with Crippen LogP contribution in [0.15, 0.2) is 24.3 Å². The summed E-state index contributed by atoms with van der Waals surface area (Å²) in [6.45, 7) is 5.83. The van der Waals surface area contributed by atoms with Crippen LogP contribution in [0.2, 0.25) is 0 Å². The highest BCUT2D eigenvalue weighted by atomic mass is 16.6. The molecule has 6 heteroatoms. The molecule has 0 saturated carbocycles. The van der Waals surface area contributed by atoms with Gasteiger partial charge >= 0.3 is 6.09 Å². The van der Waals surface area contributed by atoms with Crippen molar-refractivity contribution in [2.75, 3.05) is 18.5 Å². The third-order valence-electron chi connectivity index (χ3n) is 2.71. The Bertz CT molecular complexity index is 603. The normalized spacial score (nSPS) is 14.0. The highest BCUT2D eigenvalue weighted by Crippen LogP contribution is 2.28. The second kappa shape index (κ2) is 6.51. The van der Waals surface area contributed by atoms with Gasteiger partial charge in [0.05, 0.1) is 5.69 Å². The zero-order valence-corrected chi connectivity index (χ0v) is 12.9. The molecule has 0 atom stereocenters. The van der Waals surface area contributed by atoms with Gasteiger partial charge < -0.3 is 20.1 Å². The number of nitrogens with one attached hydrogen (secondary N) is 2. The van der Waals surface area contributed by atoms with E-state index in [0.717, 1.165) is 5.56 Å². The lowest BCUT2D eigenvalue weighted by molar-refractivity contribution is -0.118. The number of hydrogen-bond donors (Lipinski definition) is 2. The van der Waals surface area contributed by atoms with Crippen molar-refractivity contribution >= 4 is 23.8 Å². The maximum atomic E-state index is 11.5. The summed E-state index contributed by atoms with van der Waals surface area (Å²) in [6.07, 6.45) is 3.22. The largest absolute Gasteiger partial charge is 0.482 e. The molecule has 0 saturated heterocycles. The molecule has 1 aromatic rings. The van der Waals surface area contributed by atoms with Crippen molar-refractivity contribution < 1.29 is 19.1 Å². The summed E-state index contributed by atoms with van der Waals surface area (Å²) < 4.78 is 10.5. The minimum Gasteiger partial charge on any atom is -0.482 e. The molecular formula is C16H20N2O4. The molecule has 0 aromatic heterocycles. The highest BCUT2D eigenvalue weighted by Gasteiger charge is 2.16. The molecule has 2 rings (SSSR count). The second-order valence-electron chi connectivity index (χ2n) is 5.88. The van der Waals surface area contributed by atoms with Crippen molar-refractivity contribution in [3.63, 3.8) is 0 Å². The van der Waals surface area contributed by atoms with Gasteiger partial charge in [-0.1, -0.05) is 18.2 Å². The first-order valence-electron chi connectivity index (χ1n) is 7.03. The number of fused-ring (bicyclic) bond motifs is 1. The topological polar surface area (TPSA) is 76.7 Å². The fourth-order valence-electron chi connectivity index (χ4n) is 1.85. The Kier molecular flexibility index (Phi) is 4.70. The van der Waals surface area contributed by atoms with Crippen LogP contribution < -0.4 is 15.4 Å². The zero-order valence-electron chi connectivity index (χ0n) is 12.9. The van der Waals surface area contributed by atoms with Crippen molar-refractivity contribution in [3.8, 4) is 5.75 Å². The van der Waals surface area contributed by atoms with E-state index in [1.807, 2.05) is 45.1 Å². The van der Waals surface area contributed by atoms with E-state index in [0.29, 0.717) is 18.0 Å². The smallest absolute Gasteiger partial charge is 0.407 e. The second-order valence-corrected chi connectivity index (χ2v) is 5.88. The van der Waals surface area contributed by atoms with Gasteiger partial charge in [0.2, 0.25) is 0 Å². The molecule has 2 N–H and O–H groups in total. The number of carbonyl (C=O) groups is 2. The predicted octanol–water partition coefficient (Wildman–Crippen LogP) is 2.56. The summed E-state index contributed by atoms with van der Waals surface area (Å²) in [6, 6.07) is 5.48. The highest BCUT2D eigenvalue weighted by molar-refractivity contribution is 5.95. The molecule has 1 aliphatic rings. The van der Waals surface area contributed by atoms with E-state index in [1.54, 1.807) is 6.07 Å². The summed E-state index contributed by atoms with van der Waals surface area (Å²) in [5, 5.41) is 5.37. The van der Waals surface area contributed by atoms with Gasteiger partial charge in [-0.2, -0.15) is 0 Å². The van der Waals surface area contributed by atoms with Crippen molar-refractivity contribution in [2.24, 2.45) is 0 Å². The van der Waals surface area contributed by atoms with Crippen LogP contribution in [0.3, 0.4) is 0 Å². The van der Waals surface area contributed by atoms with Crippen molar-refractivity contribution in [1.82, 2.24) is 5.32 Å². The van der Waals surface area contributed by atoms with Gasteiger partial charge in [-0.15, -0.1) is 0 Å².